The Morgan fingerprint density at radius 1 is 1.40 bits per heavy atom. The van der Waals surface area contributed by atoms with Crippen molar-refractivity contribution in [1.82, 2.24) is 4.90 Å². The van der Waals surface area contributed by atoms with Crippen molar-refractivity contribution in [3.05, 3.63) is 0 Å². The molecular weight excluding hydrogens is 258 g/mol. The van der Waals surface area contributed by atoms with E-state index in [1.165, 1.54) is 0 Å². The summed E-state index contributed by atoms with van der Waals surface area (Å²) in [6.45, 7) is 3.78. The Hall–Kier alpha value is -1.10. The molecule has 0 spiro atoms. The zero-order chi connectivity index (χ0) is 14.6. The molecule has 1 saturated carbocycles. The number of carboxylic acid groups (broad SMARTS) is 1. The molecule has 0 aromatic carbocycles. The number of aliphatic carboxylic acids is 1. The fraction of sp³-hybridized carbons (Fsp3) is 0.867. The summed E-state index contributed by atoms with van der Waals surface area (Å²) in [5, 5.41) is 9.48. The average molecular weight is 283 g/mol. The molecule has 1 heterocycles. The van der Waals surface area contributed by atoms with Gasteiger partial charge in [0.1, 0.15) is 6.61 Å². The molecule has 0 unspecified atom stereocenters. The van der Waals surface area contributed by atoms with E-state index in [1.807, 2.05) is 0 Å². The second-order valence-corrected chi connectivity index (χ2v) is 6.08. The molecule has 0 bridgehead atoms. The number of fused-ring (bicyclic) bond motifs is 1. The third-order valence-corrected chi connectivity index (χ3v) is 4.77. The van der Waals surface area contributed by atoms with Crippen molar-refractivity contribution in [3.8, 4) is 0 Å². The second-order valence-electron chi connectivity index (χ2n) is 6.08. The van der Waals surface area contributed by atoms with Gasteiger partial charge in [-0.25, -0.2) is 0 Å². The summed E-state index contributed by atoms with van der Waals surface area (Å²) >= 11 is 0. The van der Waals surface area contributed by atoms with Crippen molar-refractivity contribution in [3.63, 3.8) is 0 Å². The summed E-state index contributed by atoms with van der Waals surface area (Å²) in [4.78, 5) is 25.3. The quantitative estimate of drug-likeness (QED) is 0.725. The summed E-state index contributed by atoms with van der Waals surface area (Å²) in [5.41, 5.74) is -0.683. The molecule has 0 aromatic rings. The van der Waals surface area contributed by atoms with E-state index in [9.17, 15) is 14.7 Å². The molecular formula is C15H25NO4. The standard InChI is InChI=1S/C15H25NO4/c1-2-3-4-8-20-10-13(17)16-9-12-6-5-7-15(12,11-16)14(18)19/h12H,2-11H2,1H3,(H,18,19)/t12-,15+/m0/s1. The average Bonchev–Trinajstić information content (AvgIpc) is 2.95. The Labute approximate surface area is 120 Å². The number of amides is 1. The van der Waals surface area contributed by atoms with Crippen LogP contribution in [0.25, 0.3) is 0 Å². The van der Waals surface area contributed by atoms with E-state index in [4.69, 9.17) is 4.74 Å². The fourth-order valence-electron chi connectivity index (χ4n) is 3.53. The predicted molar refractivity (Wildman–Crippen MR) is 74.3 cm³/mol. The van der Waals surface area contributed by atoms with Crippen LogP contribution in [0, 0.1) is 11.3 Å². The van der Waals surface area contributed by atoms with E-state index >= 15 is 0 Å². The number of carboxylic acids is 1. The zero-order valence-corrected chi connectivity index (χ0v) is 12.3. The molecule has 1 saturated heterocycles. The highest BCUT2D eigenvalue weighted by Crippen LogP contribution is 2.48. The second kappa shape index (κ2) is 6.57. The van der Waals surface area contributed by atoms with Crippen LogP contribution in [0.2, 0.25) is 0 Å². The minimum absolute atomic E-state index is 0.0588. The van der Waals surface area contributed by atoms with Gasteiger partial charge in [0.05, 0.1) is 5.41 Å². The molecule has 2 rings (SSSR count). The first-order valence-corrected chi connectivity index (χ1v) is 7.69. The summed E-state index contributed by atoms with van der Waals surface area (Å²) in [6.07, 6.45) is 5.81. The predicted octanol–water partition coefficient (Wildman–Crippen LogP) is 1.91. The molecule has 114 valence electrons. The maximum atomic E-state index is 12.1. The Balaban J connectivity index is 1.80. The third-order valence-electron chi connectivity index (χ3n) is 4.77. The molecule has 20 heavy (non-hydrogen) atoms. The summed E-state index contributed by atoms with van der Waals surface area (Å²) in [5.74, 6) is -0.667. The number of rotatable bonds is 7. The SMILES string of the molecule is CCCCCOCC(=O)N1C[C@@H]2CCC[C@@]2(C(=O)O)C1. The van der Waals surface area contributed by atoms with Crippen LogP contribution in [0.5, 0.6) is 0 Å². The fourth-order valence-corrected chi connectivity index (χ4v) is 3.53. The van der Waals surface area contributed by atoms with Crippen LogP contribution in [-0.4, -0.2) is 48.2 Å². The maximum Gasteiger partial charge on any atom is 0.311 e. The number of carbonyl (C=O) groups is 2. The number of unbranched alkanes of at least 4 members (excludes halogenated alkanes) is 2. The molecule has 0 aromatic heterocycles. The smallest absolute Gasteiger partial charge is 0.311 e. The van der Waals surface area contributed by atoms with Gasteiger partial charge in [0.15, 0.2) is 0 Å². The lowest BCUT2D eigenvalue weighted by atomic mass is 9.81. The van der Waals surface area contributed by atoms with E-state index in [0.29, 0.717) is 26.1 Å². The van der Waals surface area contributed by atoms with Gasteiger partial charge in [-0.05, 0) is 25.2 Å². The Morgan fingerprint density at radius 2 is 2.20 bits per heavy atom. The zero-order valence-electron chi connectivity index (χ0n) is 12.3. The molecule has 1 N–H and O–H groups in total. The molecule has 2 aliphatic rings. The minimum Gasteiger partial charge on any atom is -0.481 e. The first kappa shape index (κ1) is 15.3. The number of hydrogen-bond acceptors (Lipinski definition) is 3. The van der Waals surface area contributed by atoms with Gasteiger partial charge in [-0.3, -0.25) is 9.59 Å². The highest BCUT2D eigenvalue weighted by atomic mass is 16.5. The monoisotopic (exact) mass is 283 g/mol. The van der Waals surface area contributed by atoms with Crippen molar-refractivity contribution in [2.24, 2.45) is 11.3 Å². The molecule has 1 amide bonds. The minimum atomic E-state index is -0.737. The van der Waals surface area contributed by atoms with Gasteiger partial charge >= 0.3 is 5.97 Å². The van der Waals surface area contributed by atoms with Gasteiger partial charge in [-0.15, -0.1) is 0 Å². The largest absolute Gasteiger partial charge is 0.481 e. The van der Waals surface area contributed by atoms with E-state index in [1.54, 1.807) is 4.90 Å². The van der Waals surface area contributed by atoms with Crippen molar-refractivity contribution >= 4 is 11.9 Å². The van der Waals surface area contributed by atoms with Gasteiger partial charge < -0.3 is 14.7 Å². The van der Waals surface area contributed by atoms with Gasteiger partial charge in [0, 0.05) is 19.7 Å². The molecule has 1 aliphatic heterocycles. The van der Waals surface area contributed by atoms with Crippen LogP contribution in [0.4, 0.5) is 0 Å². The van der Waals surface area contributed by atoms with Gasteiger partial charge in [0.2, 0.25) is 5.91 Å². The summed E-state index contributed by atoms with van der Waals surface area (Å²) < 4.78 is 5.39. The van der Waals surface area contributed by atoms with Gasteiger partial charge in [-0.2, -0.15) is 0 Å². The molecule has 5 nitrogen and oxygen atoms in total. The van der Waals surface area contributed by atoms with Crippen LogP contribution in [0.15, 0.2) is 0 Å². The number of carbonyl (C=O) groups excluding carboxylic acids is 1. The van der Waals surface area contributed by atoms with E-state index in [-0.39, 0.29) is 18.4 Å². The van der Waals surface area contributed by atoms with Crippen LogP contribution in [-0.2, 0) is 14.3 Å². The summed E-state index contributed by atoms with van der Waals surface area (Å²) in [7, 11) is 0. The van der Waals surface area contributed by atoms with Crippen LogP contribution >= 0.6 is 0 Å². The van der Waals surface area contributed by atoms with Gasteiger partial charge in [-0.1, -0.05) is 26.2 Å². The normalized spacial score (nSPS) is 28.6. The lowest BCUT2D eigenvalue weighted by Crippen LogP contribution is -2.38. The van der Waals surface area contributed by atoms with E-state index in [0.717, 1.165) is 32.1 Å². The number of ether oxygens (including phenoxy) is 1. The molecule has 2 atom stereocenters. The van der Waals surface area contributed by atoms with Gasteiger partial charge in [0.25, 0.3) is 0 Å². The maximum absolute atomic E-state index is 12.1. The number of hydrogen-bond donors (Lipinski definition) is 1. The first-order chi connectivity index (χ1) is 9.60. The Kier molecular flexibility index (Phi) is 5.02. The van der Waals surface area contributed by atoms with Crippen molar-refractivity contribution in [2.45, 2.75) is 45.4 Å². The molecule has 5 heteroatoms. The number of nitrogens with zero attached hydrogens (tertiary/aromatic N) is 1. The molecule has 0 radical (unpaired) electrons. The third kappa shape index (κ3) is 2.97. The van der Waals surface area contributed by atoms with Crippen LogP contribution in [0.1, 0.15) is 45.4 Å². The highest BCUT2D eigenvalue weighted by molar-refractivity contribution is 5.82. The first-order valence-electron chi connectivity index (χ1n) is 7.69. The highest BCUT2D eigenvalue weighted by Gasteiger charge is 2.55. The van der Waals surface area contributed by atoms with E-state index < -0.39 is 11.4 Å². The van der Waals surface area contributed by atoms with E-state index in [2.05, 4.69) is 6.92 Å². The lowest BCUT2D eigenvalue weighted by molar-refractivity contribution is -0.149. The number of likely N-dealkylation sites (tertiary alicyclic amines) is 1. The van der Waals surface area contributed by atoms with Crippen molar-refractivity contribution in [1.29, 1.82) is 0 Å². The lowest BCUT2D eigenvalue weighted by Gasteiger charge is -2.23. The topological polar surface area (TPSA) is 66.8 Å². The Morgan fingerprint density at radius 3 is 2.85 bits per heavy atom. The van der Waals surface area contributed by atoms with Crippen molar-refractivity contribution < 1.29 is 19.4 Å². The van der Waals surface area contributed by atoms with Crippen molar-refractivity contribution in [2.75, 3.05) is 26.3 Å². The Bertz CT molecular complexity index is 371. The van der Waals surface area contributed by atoms with Crippen LogP contribution < -0.4 is 0 Å². The molecule has 1 aliphatic carbocycles. The van der Waals surface area contributed by atoms with Crippen LogP contribution in [0.3, 0.4) is 0 Å². The summed E-state index contributed by atoms with van der Waals surface area (Å²) in [6, 6.07) is 0. The molecule has 2 fully saturated rings.